The minimum atomic E-state index is 1.34. The maximum Gasteiger partial charge on any atom is 0.0361 e. The molecule has 0 nitrogen and oxygen atoms in total. The van der Waals surface area contributed by atoms with E-state index in [4.69, 9.17) is 0 Å². The minimum absolute atomic E-state index is 1.34. The Labute approximate surface area is 123 Å². The van der Waals surface area contributed by atoms with Crippen molar-refractivity contribution in [3.63, 3.8) is 0 Å². The average molecular weight is 290 g/mol. The van der Waals surface area contributed by atoms with Gasteiger partial charge in [-0.15, -0.1) is 22.7 Å². The highest BCUT2D eigenvalue weighted by Crippen LogP contribution is 2.37. The van der Waals surface area contributed by atoms with E-state index in [9.17, 15) is 0 Å². The SMILES string of the molecule is c1ccc2c(c1)sc1cc3cc4sccc4cc3cc12. The molecule has 0 N–H and O–H groups in total. The van der Waals surface area contributed by atoms with Crippen molar-refractivity contribution in [3.8, 4) is 0 Å². The summed E-state index contributed by atoms with van der Waals surface area (Å²) in [5.41, 5.74) is 0. The molecule has 0 spiro atoms. The van der Waals surface area contributed by atoms with E-state index in [-0.39, 0.29) is 0 Å². The molecule has 20 heavy (non-hydrogen) atoms. The first-order valence-corrected chi connectivity index (χ1v) is 8.30. The third kappa shape index (κ3) is 1.41. The molecule has 2 heteroatoms. The molecular formula is C18H10S2. The molecule has 2 heterocycles. The average Bonchev–Trinajstić information content (AvgIpc) is 3.05. The van der Waals surface area contributed by atoms with Gasteiger partial charge in [-0.25, -0.2) is 0 Å². The van der Waals surface area contributed by atoms with Gasteiger partial charge in [0.1, 0.15) is 0 Å². The molecule has 5 aromatic rings. The Morgan fingerprint density at radius 1 is 0.600 bits per heavy atom. The summed E-state index contributed by atoms with van der Waals surface area (Å²) in [7, 11) is 0. The van der Waals surface area contributed by atoms with Crippen LogP contribution < -0.4 is 0 Å². The van der Waals surface area contributed by atoms with E-state index in [0.717, 1.165) is 0 Å². The van der Waals surface area contributed by atoms with Gasteiger partial charge >= 0.3 is 0 Å². The van der Waals surface area contributed by atoms with Gasteiger partial charge < -0.3 is 0 Å². The van der Waals surface area contributed by atoms with Crippen LogP contribution in [0.5, 0.6) is 0 Å². The van der Waals surface area contributed by atoms with Crippen molar-refractivity contribution >= 4 is 63.7 Å². The fraction of sp³-hybridized carbons (Fsp3) is 0. The number of benzene rings is 3. The van der Waals surface area contributed by atoms with Crippen LogP contribution in [-0.4, -0.2) is 0 Å². The van der Waals surface area contributed by atoms with E-state index in [1.807, 2.05) is 22.7 Å². The predicted octanol–water partition coefficient (Wildman–Crippen LogP) is 6.42. The van der Waals surface area contributed by atoms with Crippen LogP contribution in [0.15, 0.2) is 60.0 Å². The second-order valence-electron chi connectivity index (χ2n) is 5.10. The second kappa shape index (κ2) is 3.81. The molecule has 3 aromatic carbocycles. The smallest absolute Gasteiger partial charge is 0.0361 e. The second-order valence-corrected chi connectivity index (χ2v) is 7.14. The van der Waals surface area contributed by atoms with Crippen molar-refractivity contribution < 1.29 is 0 Å². The molecule has 0 unspecified atom stereocenters. The Hall–Kier alpha value is -1.90. The van der Waals surface area contributed by atoms with Crippen LogP contribution in [0.4, 0.5) is 0 Å². The molecular weight excluding hydrogens is 280 g/mol. The van der Waals surface area contributed by atoms with Crippen molar-refractivity contribution in [2.45, 2.75) is 0 Å². The summed E-state index contributed by atoms with van der Waals surface area (Å²) in [5, 5.41) is 8.96. The van der Waals surface area contributed by atoms with Gasteiger partial charge in [0.2, 0.25) is 0 Å². The van der Waals surface area contributed by atoms with Crippen LogP contribution in [0.2, 0.25) is 0 Å². The maximum absolute atomic E-state index is 2.35. The van der Waals surface area contributed by atoms with Gasteiger partial charge in [-0.2, -0.15) is 0 Å². The van der Waals surface area contributed by atoms with Gasteiger partial charge in [-0.1, -0.05) is 18.2 Å². The summed E-state index contributed by atoms with van der Waals surface area (Å²) in [5.74, 6) is 0. The molecule has 0 radical (unpaired) electrons. The Morgan fingerprint density at radius 3 is 2.45 bits per heavy atom. The first kappa shape index (κ1) is 10.8. The lowest BCUT2D eigenvalue weighted by Crippen LogP contribution is -1.73. The molecule has 0 saturated carbocycles. The molecule has 0 atom stereocenters. The topological polar surface area (TPSA) is 0 Å². The third-order valence-corrected chi connectivity index (χ3v) is 5.92. The lowest BCUT2D eigenvalue weighted by atomic mass is 10.0. The molecule has 0 bridgehead atoms. The molecule has 0 saturated heterocycles. The number of fused-ring (bicyclic) bond motifs is 5. The highest BCUT2D eigenvalue weighted by Gasteiger charge is 2.07. The number of hydrogen-bond acceptors (Lipinski definition) is 2. The fourth-order valence-corrected chi connectivity index (χ4v) is 4.89. The van der Waals surface area contributed by atoms with Gasteiger partial charge in [0, 0.05) is 24.9 Å². The molecule has 0 fully saturated rings. The van der Waals surface area contributed by atoms with Gasteiger partial charge in [-0.3, -0.25) is 0 Å². The van der Waals surface area contributed by atoms with Crippen molar-refractivity contribution in [1.29, 1.82) is 0 Å². The van der Waals surface area contributed by atoms with Crippen molar-refractivity contribution in [1.82, 2.24) is 0 Å². The number of rotatable bonds is 0. The molecule has 0 aliphatic carbocycles. The van der Waals surface area contributed by atoms with Crippen molar-refractivity contribution in [2.75, 3.05) is 0 Å². The minimum Gasteiger partial charge on any atom is -0.144 e. The monoisotopic (exact) mass is 290 g/mol. The first-order valence-electron chi connectivity index (χ1n) is 6.61. The van der Waals surface area contributed by atoms with Crippen LogP contribution in [0.1, 0.15) is 0 Å². The highest BCUT2D eigenvalue weighted by molar-refractivity contribution is 7.25. The fourth-order valence-electron chi connectivity index (χ4n) is 2.93. The third-order valence-electron chi connectivity index (χ3n) is 3.91. The zero-order chi connectivity index (χ0) is 13.1. The van der Waals surface area contributed by atoms with Gasteiger partial charge in [0.05, 0.1) is 0 Å². The molecule has 94 valence electrons. The summed E-state index contributed by atoms with van der Waals surface area (Å²) in [6, 6.07) is 20.2. The molecule has 0 aliphatic heterocycles. The lowest BCUT2D eigenvalue weighted by molar-refractivity contribution is 1.86. The number of thiophene rings is 2. The van der Waals surface area contributed by atoms with Gasteiger partial charge in [0.15, 0.2) is 0 Å². The summed E-state index contributed by atoms with van der Waals surface area (Å²) in [4.78, 5) is 0. The standard InChI is InChI=1S/C18H10S2/c1-2-4-16-14(3-1)15-8-12-7-11-5-6-19-17(11)9-13(12)10-18(15)20-16/h1-10H. The Balaban J connectivity index is 2.02. The molecule has 0 amide bonds. The summed E-state index contributed by atoms with van der Waals surface area (Å²) < 4.78 is 4.13. The summed E-state index contributed by atoms with van der Waals surface area (Å²) >= 11 is 3.70. The van der Waals surface area contributed by atoms with Gasteiger partial charge in [0.25, 0.3) is 0 Å². The Morgan fingerprint density at radius 2 is 1.45 bits per heavy atom. The van der Waals surface area contributed by atoms with E-state index in [1.165, 1.54) is 41.0 Å². The van der Waals surface area contributed by atoms with Crippen LogP contribution in [-0.2, 0) is 0 Å². The van der Waals surface area contributed by atoms with E-state index in [2.05, 4.69) is 60.0 Å². The predicted molar refractivity (Wildman–Crippen MR) is 92.2 cm³/mol. The molecule has 5 rings (SSSR count). The van der Waals surface area contributed by atoms with Crippen LogP contribution in [0.25, 0.3) is 41.0 Å². The highest BCUT2D eigenvalue weighted by atomic mass is 32.1. The van der Waals surface area contributed by atoms with E-state index in [1.54, 1.807) is 0 Å². The summed E-state index contributed by atoms with van der Waals surface area (Å²) in [6.07, 6.45) is 0. The van der Waals surface area contributed by atoms with Crippen LogP contribution >= 0.6 is 22.7 Å². The molecule has 2 aromatic heterocycles. The zero-order valence-corrected chi connectivity index (χ0v) is 12.2. The van der Waals surface area contributed by atoms with Crippen molar-refractivity contribution in [3.05, 3.63) is 60.0 Å². The van der Waals surface area contributed by atoms with E-state index >= 15 is 0 Å². The van der Waals surface area contributed by atoms with Crippen LogP contribution in [0.3, 0.4) is 0 Å². The normalized spacial score (nSPS) is 12.0. The van der Waals surface area contributed by atoms with E-state index in [0.29, 0.717) is 0 Å². The summed E-state index contributed by atoms with van der Waals surface area (Å²) in [6.45, 7) is 0. The number of hydrogen-bond donors (Lipinski definition) is 0. The lowest BCUT2D eigenvalue weighted by Gasteiger charge is -2.00. The Kier molecular flexibility index (Phi) is 2.07. The molecule has 0 aliphatic rings. The Bertz CT molecular complexity index is 1100. The first-order chi connectivity index (χ1) is 9.88. The van der Waals surface area contributed by atoms with Gasteiger partial charge in [-0.05, 0) is 57.9 Å². The van der Waals surface area contributed by atoms with Crippen molar-refractivity contribution in [2.24, 2.45) is 0 Å². The quantitative estimate of drug-likeness (QED) is 0.308. The van der Waals surface area contributed by atoms with Crippen LogP contribution in [0, 0.1) is 0 Å². The maximum atomic E-state index is 2.35. The zero-order valence-electron chi connectivity index (χ0n) is 10.6. The largest absolute Gasteiger partial charge is 0.144 e. The van der Waals surface area contributed by atoms with E-state index < -0.39 is 0 Å².